The third-order valence-corrected chi connectivity index (χ3v) is 4.46. The summed E-state index contributed by atoms with van der Waals surface area (Å²) in [6, 6.07) is -5.35. The summed E-state index contributed by atoms with van der Waals surface area (Å²) in [6.45, 7) is 2.66. The van der Waals surface area contributed by atoms with E-state index in [0.29, 0.717) is 0 Å². The Labute approximate surface area is 190 Å². The largest absolute Gasteiger partial charge is 0.481 e. The van der Waals surface area contributed by atoms with E-state index in [1.165, 1.54) is 0 Å². The number of aliphatic carboxylic acids is 2. The Morgan fingerprint density at radius 2 is 1.30 bits per heavy atom. The lowest BCUT2D eigenvalue weighted by Crippen LogP contribution is -2.58. The molecule has 0 heterocycles. The summed E-state index contributed by atoms with van der Waals surface area (Å²) in [5.74, 6) is -6.05. The molecule has 0 spiro atoms. The maximum Gasteiger partial charge on any atom is 0.326 e. The van der Waals surface area contributed by atoms with Crippen molar-refractivity contribution in [1.82, 2.24) is 16.0 Å². The van der Waals surface area contributed by atoms with Crippen molar-refractivity contribution in [2.24, 2.45) is 17.4 Å². The minimum atomic E-state index is -1.56. The first-order chi connectivity index (χ1) is 15.3. The maximum atomic E-state index is 12.7. The van der Waals surface area contributed by atoms with E-state index in [-0.39, 0.29) is 25.2 Å². The van der Waals surface area contributed by atoms with Crippen molar-refractivity contribution >= 4 is 35.6 Å². The van der Waals surface area contributed by atoms with Gasteiger partial charge in [-0.3, -0.25) is 24.0 Å². The molecule has 4 amide bonds. The molecule has 0 aromatic carbocycles. The first-order valence-corrected chi connectivity index (χ1v) is 10.3. The number of rotatable bonds is 16. The first-order valence-electron chi connectivity index (χ1n) is 10.3. The molecule has 0 aromatic heterocycles. The van der Waals surface area contributed by atoms with Crippen molar-refractivity contribution < 1.29 is 44.1 Å². The van der Waals surface area contributed by atoms with E-state index in [4.69, 9.17) is 21.7 Å². The minimum absolute atomic E-state index is 0.0359. The summed E-state index contributed by atoms with van der Waals surface area (Å²) in [5.41, 5.74) is 10.7. The van der Waals surface area contributed by atoms with Gasteiger partial charge in [0.15, 0.2) is 0 Å². The predicted molar refractivity (Wildman–Crippen MR) is 113 cm³/mol. The zero-order valence-electron chi connectivity index (χ0n) is 18.6. The predicted octanol–water partition coefficient (Wildman–Crippen LogP) is -2.98. The molecule has 0 rings (SSSR count). The van der Waals surface area contributed by atoms with Crippen LogP contribution in [0.25, 0.3) is 0 Å². The number of hydrogen-bond donors (Lipinski definition) is 8. The van der Waals surface area contributed by atoms with Crippen LogP contribution in [0.2, 0.25) is 0 Å². The number of carbonyl (C=O) groups excluding carboxylic acids is 4. The summed E-state index contributed by atoms with van der Waals surface area (Å²) >= 11 is 0. The van der Waals surface area contributed by atoms with E-state index in [1.54, 1.807) is 13.8 Å². The van der Waals surface area contributed by atoms with Crippen LogP contribution >= 0.6 is 0 Å². The fraction of sp³-hybridized carbons (Fsp3) is 0.684. The second kappa shape index (κ2) is 14.7. The van der Waals surface area contributed by atoms with Crippen molar-refractivity contribution in [2.45, 2.75) is 70.1 Å². The molecule has 0 aliphatic carbocycles. The number of amides is 4. The van der Waals surface area contributed by atoms with Crippen LogP contribution in [0.15, 0.2) is 0 Å². The highest BCUT2D eigenvalue weighted by Gasteiger charge is 2.30. The number of nitrogens with two attached hydrogens (primary N) is 2. The van der Waals surface area contributed by atoms with E-state index in [2.05, 4.69) is 16.0 Å². The van der Waals surface area contributed by atoms with Gasteiger partial charge in [0.2, 0.25) is 23.6 Å². The van der Waals surface area contributed by atoms with Crippen molar-refractivity contribution in [3.63, 3.8) is 0 Å². The van der Waals surface area contributed by atoms with Gasteiger partial charge < -0.3 is 42.7 Å². The Bertz CT molecular complexity index is 728. The van der Waals surface area contributed by atoms with Crippen LogP contribution < -0.4 is 27.4 Å². The zero-order chi connectivity index (χ0) is 25.7. The molecule has 33 heavy (non-hydrogen) atoms. The fourth-order valence-electron chi connectivity index (χ4n) is 2.67. The van der Waals surface area contributed by atoms with Crippen molar-refractivity contribution in [3.8, 4) is 0 Å². The quantitative estimate of drug-likeness (QED) is 0.112. The molecule has 0 radical (unpaired) electrons. The van der Waals surface area contributed by atoms with Crippen LogP contribution in [-0.2, 0) is 28.8 Å². The summed E-state index contributed by atoms with van der Waals surface area (Å²) in [5, 5.41) is 34.1. The Kier molecular flexibility index (Phi) is 13.3. The van der Waals surface area contributed by atoms with Gasteiger partial charge in [0.1, 0.15) is 18.1 Å². The third-order valence-electron chi connectivity index (χ3n) is 4.46. The lowest BCUT2D eigenvalue weighted by Gasteiger charge is -2.25. The average Bonchev–Trinajstić information content (AvgIpc) is 2.71. The SMILES string of the molecule is CC(C)CC(NC(=O)C(N)CCC(N)=O)C(=O)NC(CO)C(=O)NC(CCC(=O)O)C(=O)O. The Hall–Kier alpha value is -3.26. The van der Waals surface area contributed by atoms with E-state index < -0.39 is 79.2 Å². The van der Waals surface area contributed by atoms with Crippen LogP contribution in [0.4, 0.5) is 0 Å². The molecular weight excluding hydrogens is 442 g/mol. The van der Waals surface area contributed by atoms with Crippen molar-refractivity contribution in [3.05, 3.63) is 0 Å². The van der Waals surface area contributed by atoms with Gasteiger partial charge in [0.25, 0.3) is 0 Å². The molecule has 10 N–H and O–H groups in total. The Morgan fingerprint density at radius 1 is 0.788 bits per heavy atom. The monoisotopic (exact) mass is 475 g/mol. The number of aliphatic hydroxyl groups is 1. The average molecular weight is 475 g/mol. The lowest BCUT2D eigenvalue weighted by atomic mass is 10.0. The standard InChI is InChI=1S/C19H33N5O9/c1-9(2)7-12(23-16(29)10(20)3-5-14(21)26)17(30)24-13(8-25)18(31)22-11(19(32)33)4-6-15(27)28/h9-13,25H,3-8,20H2,1-2H3,(H2,21,26)(H,22,31)(H,23,29)(H,24,30)(H,27,28)(H,32,33). The number of aliphatic hydroxyl groups excluding tert-OH is 1. The molecule has 0 aliphatic rings. The summed E-state index contributed by atoms with van der Waals surface area (Å²) in [6.07, 6.45) is -0.944. The number of carboxylic acids is 2. The number of primary amides is 1. The van der Waals surface area contributed by atoms with E-state index in [9.17, 15) is 33.9 Å². The molecule has 0 fully saturated rings. The van der Waals surface area contributed by atoms with Gasteiger partial charge in [0.05, 0.1) is 12.6 Å². The van der Waals surface area contributed by atoms with Crippen LogP contribution in [0, 0.1) is 5.92 Å². The van der Waals surface area contributed by atoms with Crippen LogP contribution in [0.5, 0.6) is 0 Å². The van der Waals surface area contributed by atoms with Gasteiger partial charge in [-0.2, -0.15) is 0 Å². The fourth-order valence-corrected chi connectivity index (χ4v) is 2.67. The Balaban J connectivity index is 5.22. The smallest absolute Gasteiger partial charge is 0.326 e. The Morgan fingerprint density at radius 3 is 1.76 bits per heavy atom. The zero-order valence-corrected chi connectivity index (χ0v) is 18.6. The molecule has 4 unspecified atom stereocenters. The second-order valence-corrected chi connectivity index (χ2v) is 7.88. The minimum Gasteiger partial charge on any atom is -0.481 e. The maximum absolute atomic E-state index is 12.7. The lowest BCUT2D eigenvalue weighted by molar-refractivity contribution is -0.143. The molecule has 14 nitrogen and oxygen atoms in total. The summed E-state index contributed by atoms with van der Waals surface area (Å²) in [4.78, 5) is 70.1. The normalized spacial score (nSPS) is 14.5. The van der Waals surface area contributed by atoms with Crippen LogP contribution in [-0.4, -0.2) is 81.7 Å². The van der Waals surface area contributed by atoms with Crippen molar-refractivity contribution in [1.29, 1.82) is 0 Å². The molecule has 0 aromatic rings. The second-order valence-electron chi connectivity index (χ2n) is 7.88. The van der Waals surface area contributed by atoms with Crippen LogP contribution in [0.1, 0.15) is 46.0 Å². The van der Waals surface area contributed by atoms with Crippen LogP contribution in [0.3, 0.4) is 0 Å². The molecular formula is C19H33N5O9. The van der Waals surface area contributed by atoms with Gasteiger partial charge in [0, 0.05) is 12.8 Å². The first kappa shape index (κ1) is 29.7. The number of carboxylic acid groups (broad SMARTS) is 2. The highest BCUT2D eigenvalue weighted by atomic mass is 16.4. The molecule has 0 aliphatic heterocycles. The molecule has 14 heteroatoms. The molecule has 0 saturated carbocycles. The van der Waals surface area contributed by atoms with Gasteiger partial charge in [-0.05, 0) is 25.2 Å². The summed E-state index contributed by atoms with van der Waals surface area (Å²) < 4.78 is 0. The van der Waals surface area contributed by atoms with Crippen molar-refractivity contribution in [2.75, 3.05) is 6.61 Å². The van der Waals surface area contributed by atoms with Gasteiger partial charge in [-0.15, -0.1) is 0 Å². The van der Waals surface area contributed by atoms with Gasteiger partial charge >= 0.3 is 11.9 Å². The topological polar surface area (TPSA) is 251 Å². The van der Waals surface area contributed by atoms with Gasteiger partial charge in [-0.25, -0.2) is 4.79 Å². The molecule has 188 valence electrons. The number of carbonyl (C=O) groups is 6. The summed E-state index contributed by atoms with van der Waals surface area (Å²) in [7, 11) is 0. The van der Waals surface area contributed by atoms with Gasteiger partial charge in [-0.1, -0.05) is 13.8 Å². The molecule has 0 saturated heterocycles. The third kappa shape index (κ3) is 12.4. The molecule has 0 bridgehead atoms. The number of hydrogen-bond acceptors (Lipinski definition) is 8. The van der Waals surface area contributed by atoms with E-state index in [1.807, 2.05) is 0 Å². The molecule has 4 atom stereocenters. The van der Waals surface area contributed by atoms with E-state index >= 15 is 0 Å². The van der Waals surface area contributed by atoms with E-state index in [0.717, 1.165) is 0 Å². The highest BCUT2D eigenvalue weighted by molar-refractivity contribution is 5.94. The highest BCUT2D eigenvalue weighted by Crippen LogP contribution is 2.07. The number of nitrogens with one attached hydrogen (secondary N) is 3.